The zero-order valence-corrected chi connectivity index (χ0v) is 13.9. The molecule has 0 bridgehead atoms. The van der Waals surface area contributed by atoms with Gasteiger partial charge in [-0.05, 0) is 26.0 Å². The summed E-state index contributed by atoms with van der Waals surface area (Å²) < 4.78 is 12.9. The van der Waals surface area contributed by atoms with Crippen LogP contribution < -0.4 is 14.8 Å². The molecule has 0 radical (unpaired) electrons. The first-order valence-corrected chi connectivity index (χ1v) is 8.08. The predicted molar refractivity (Wildman–Crippen MR) is 90.1 cm³/mol. The Morgan fingerprint density at radius 3 is 3.16 bits per heavy atom. The molecule has 25 heavy (non-hydrogen) atoms. The standard InChI is InChI=1S/C17H17N5O3/c1-3-24-15-7-11-6-10(2)25-14(11)8-12(15)21-16(23)13-4-5-18-17-19-9-20-22(13)17/h4-5,7-10H,3,6H2,1-2H3,(H,21,23)/t10-/m0/s1. The van der Waals surface area contributed by atoms with Crippen molar-refractivity contribution < 1.29 is 14.3 Å². The normalized spacial score (nSPS) is 15.7. The van der Waals surface area contributed by atoms with Gasteiger partial charge < -0.3 is 14.8 Å². The van der Waals surface area contributed by atoms with E-state index in [1.165, 1.54) is 17.0 Å². The van der Waals surface area contributed by atoms with Crippen LogP contribution in [0.1, 0.15) is 29.9 Å². The van der Waals surface area contributed by atoms with E-state index in [0.717, 1.165) is 17.7 Å². The summed E-state index contributed by atoms with van der Waals surface area (Å²) in [5, 5.41) is 6.91. The second kappa shape index (κ2) is 6.04. The van der Waals surface area contributed by atoms with E-state index in [1.54, 1.807) is 12.1 Å². The quantitative estimate of drug-likeness (QED) is 0.783. The Hall–Kier alpha value is -3.16. The molecule has 3 heterocycles. The number of hydrogen-bond donors (Lipinski definition) is 1. The minimum Gasteiger partial charge on any atom is -0.492 e. The number of ether oxygens (including phenoxy) is 2. The average Bonchev–Trinajstić information content (AvgIpc) is 3.20. The molecule has 0 aliphatic carbocycles. The van der Waals surface area contributed by atoms with Crippen molar-refractivity contribution in [3.63, 3.8) is 0 Å². The Morgan fingerprint density at radius 1 is 1.44 bits per heavy atom. The van der Waals surface area contributed by atoms with Gasteiger partial charge in [0.2, 0.25) is 0 Å². The highest BCUT2D eigenvalue weighted by atomic mass is 16.5. The summed E-state index contributed by atoms with van der Waals surface area (Å²) in [7, 11) is 0. The number of benzene rings is 1. The van der Waals surface area contributed by atoms with Crippen molar-refractivity contribution in [3.05, 3.63) is 42.0 Å². The molecule has 4 rings (SSSR count). The van der Waals surface area contributed by atoms with Crippen molar-refractivity contribution in [3.8, 4) is 11.5 Å². The van der Waals surface area contributed by atoms with Gasteiger partial charge in [-0.2, -0.15) is 14.6 Å². The number of carbonyl (C=O) groups excluding carboxylic acids is 1. The van der Waals surface area contributed by atoms with Crippen molar-refractivity contribution in [2.24, 2.45) is 0 Å². The number of amides is 1. The number of nitrogens with one attached hydrogen (secondary N) is 1. The molecule has 1 aliphatic rings. The van der Waals surface area contributed by atoms with Gasteiger partial charge in [-0.15, -0.1) is 0 Å². The van der Waals surface area contributed by atoms with Crippen LogP contribution in [0.25, 0.3) is 5.78 Å². The van der Waals surface area contributed by atoms with Crippen LogP contribution in [0.15, 0.2) is 30.7 Å². The highest BCUT2D eigenvalue weighted by molar-refractivity contribution is 6.04. The lowest BCUT2D eigenvalue weighted by Crippen LogP contribution is -2.17. The fraction of sp³-hybridized carbons (Fsp3) is 0.294. The van der Waals surface area contributed by atoms with Gasteiger partial charge in [0.15, 0.2) is 0 Å². The summed E-state index contributed by atoms with van der Waals surface area (Å²) in [4.78, 5) is 20.8. The first kappa shape index (κ1) is 15.4. The van der Waals surface area contributed by atoms with E-state index < -0.39 is 0 Å². The fourth-order valence-electron chi connectivity index (χ4n) is 2.91. The number of anilines is 1. The fourth-order valence-corrected chi connectivity index (χ4v) is 2.91. The highest BCUT2D eigenvalue weighted by Gasteiger charge is 2.23. The SMILES string of the molecule is CCOc1cc2c(cc1NC(=O)c1ccnc3ncnn13)O[C@@H](C)C2. The van der Waals surface area contributed by atoms with Crippen LogP contribution in [0, 0.1) is 0 Å². The number of aromatic nitrogens is 4. The van der Waals surface area contributed by atoms with Crippen LogP contribution in [0.5, 0.6) is 11.5 Å². The highest BCUT2D eigenvalue weighted by Crippen LogP contribution is 2.38. The molecule has 0 saturated heterocycles. The molecule has 3 aromatic rings. The third-order valence-corrected chi connectivity index (χ3v) is 3.96. The van der Waals surface area contributed by atoms with E-state index in [-0.39, 0.29) is 12.0 Å². The zero-order chi connectivity index (χ0) is 17.4. The number of carbonyl (C=O) groups is 1. The van der Waals surface area contributed by atoms with Gasteiger partial charge in [0, 0.05) is 24.2 Å². The van der Waals surface area contributed by atoms with Crippen LogP contribution in [-0.4, -0.2) is 38.2 Å². The van der Waals surface area contributed by atoms with Crippen LogP contribution in [0.2, 0.25) is 0 Å². The molecule has 1 aliphatic heterocycles. The molecular weight excluding hydrogens is 322 g/mol. The Balaban J connectivity index is 1.69. The Labute approximate surface area is 143 Å². The monoisotopic (exact) mass is 339 g/mol. The summed E-state index contributed by atoms with van der Waals surface area (Å²) in [5.41, 5.74) is 1.97. The van der Waals surface area contributed by atoms with Crippen molar-refractivity contribution >= 4 is 17.4 Å². The molecule has 1 atom stereocenters. The molecule has 0 saturated carbocycles. The Kier molecular flexibility index (Phi) is 3.72. The van der Waals surface area contributed by atoms with Gasteiger partial charge >= 0.3 is 0 Å². The second-order valence-corrected chi connectivity index (χ2v) is 5.78. The molecule has 0 spiro atoms. The number of rotatable bonds is 4. The third-order valence-electron chi connectivity index (χ3n) is 3.96. The lowest BCUT2D eigenvalue weighted by molar-refractivity contribution is 0.101. The lowest BCUT2D eigenvalue weighted by Gasteiger charge is -2.13. The Morgan fingerprint density at radius 2 is 2.32 bits per heavy atom. The molecule has 1 amide bonds. The average molecular weight is 339 g/mol. The second-order valence-electron chi connectivity index (χ2n) is 5.78. The molecule has 128 valence electrons. The molecule has 8 heteroatoms. The van der Waals surface area contributed by atoms with Gasteiger partial charge in [-0.25, -0.2) is 4.98 Å². The van der Waals surface area contributed by atoms with Gasteiger partial charge in [0.05, 0.1) is 12.3 Å². The van der Waals surface area contributed by atoms with Gasteiger partial charge in [0.25, 0.3) is 11.7 Å². The van der Waals surface area contributed by atoms with Crippen LogP contribution in [0.3, 0.4) is 0 Å². The van der Waals surface area contributed by atoms with Gasteiger partial charge in [-0.1, -0.05) is 0 Å². The minimum absolute atomic E-state index is 0.116. The molecular formula is C17H17N5O3. The molecule has 2 aromatic heterocycles. The molecule has 1 aromatic carbocycles. The van der Waals surface area contributed by atoms with E-state index in [0.29, 0.717) is 29.5 Å². The third kappa shape index (κ3) is 2.75. The number of fused-ring (bicyclic) bond motifs is 2. The van der Waals surface area contributed by atoms with Gasteiger partial charge in [-0.3, -0.25) is 4.79 Å². The number of hydrogen-bond acceptors (Lipinski definition) is 6. The molecule has 1 N–H and O–H groups in total. The van der Waals surface area contributed by atoms with Crippen LogP contribution in [0.4, 0.5) is 5.69 Å². The van der Waals surface area contributed by atoms with E-state index >= 15 is 0 Å². The van der Waals surface area contributed by atoms with Crippen LogP contribution >= 0.6 is 0 Å². The van der Waals surface area contributed by atoms with E-state index in [9.17, 15) is 4.79 Å². The molecule has 0 unspecified atom stereocenters. The topological polar surface area (TPSA) is 90.6 Å². The maximum absolute atomic E-state index is 12.7. The van der Waals surface area contributed by atoms with Crippen molar-refractivity contribution in [2.75, 3.05) is 11.9 Å². The first-order valence-electron chi connectivity index (χ1n) is 8.08. The van der Waals surface area contributed by atoms with Crippen molar-refractivity contribution in [2.45, 2.75) is 26.4 Å². The molecule has 8 nitrogen and oxygen atoms in total. The lowest BCUT2D eigenvalue weighted by atomic mass is 10.1. The van der Waals surface area contributed by atoms with Crippen molar-refractivity contribution in [1.82, 2.24) is 19.6 Å². The summed E-state index contributed by atoms with van der Waals surface area (Å²) in [5.74, 6) is 1.43. The summed E-state index contributed by atoms with van der Waals surface area (Å²) in [6.45, 7) is 4.41. The maximum atomic E-state index is 12.7. The molecule has 0 fully saturated rings. The first-order chi connectivity index (χ1) is 12.2. The Bertz CT molecular complexity index is 953. The summed E-state index contributed by atoms with van der Waals surface area (Å²) in [6.07, 6.45) is 3.82. The summed E-state index contributed by atoms with van der Waals surface area (Å²) >= 11 is 0. The van der Waals surface area contributed by atoms with Crippen LogP contribution in [-0.2, 0) is 6.42 Å². The van der Waals surface area contributed by atoms with Gasteiger partial charge in [0.1, 0.15) is 29.6 Å². The maximum Gasteiger partial charge on any atom is 0.274 e. The predicted octanol–water partition coefficient (Wildman–Crippen LogP) is 2.10. The number of nitrogens with zero attached hydrogens (tertiary/aromatic N) is 4. The van der Waals surface area contributed by atoms with E-state index in [4.69, 9.17) is 9.47 Å². The zero-order valence-electron chi connectivity index (χ0n) is 13.9. The largest absolute Gasteiger partial charge is 0.492 e. The minimum atomic E-state index is -0.329. The van der Waals surface area contributed by atoms with Crippen molar-refractivity contribution in [1.29, 1.82) is 0 Å². The van der Waals surface area contributed by atoms with E-state index in [1.807, 2.05) is 19.9 Å². The summed E-state index contributed by atoms with van der Waals surface area (Å²) in [6, 6.07) is 5.32. The smallest absolute Gasteiger partial charge is 0.274 e. The van der Waals surface area contributed by atoms with E-state index in [2.05, 4.69) is 20.4 Å².